The summed E-state index contributed by atoms with van der Waals surface area (Å²) >= 11 is 0. The van der Waals surface area contributed by atoms with Gasteiger partial charge in [-0.05, 0) is 43.2 Å². The summed E-state index contributed by atoms with van der Waals surface area (Å²) in [7, 11) is 0. The molecule has 0 aliphatic rings. The van der Waals surface area contributed by atoms with Gasteiger partial charge in [0.2, 0.25) is 0 Å². The Kier molecular flexibility index (Phi) is 4.32. The third-order valence-electron chi connectivity index (χ3n) is 3.08. The Morgan fingerprint density at radius 3 is 2.20 bits per heavy atom. The van der Waals surface area contributed by atoms with Crippen LogP contribution in [0.4, 0.5) is 4.39 Å². The van der Waals surface area contributed by atoms with E-state index in [1.807, 2.05) is 13.0 Å². The van der Waals surface area contributed by atoms with Crippen LogP contribution in [-0.2, 0) is 6.42 Å². The summed E-state index contributed by atoms with van der Waals surface area (Å²) in [6.07, 6.45) is 0.673. The van der Waals surface area contributed by atoms with E-state index in [1.165, 1.54) is 13.0 Å². The lowest BCUT2D eigenvalue weighted by molar-refractivity contribution is 0.101. The van der Waals surface area contributed by atoms with Crippen LogP contribution < -0.4 is 0 Å². The van der Waals surface area contributed by atoms with Gasteiger partial charge in [-0.25, -0.2) is 4.39 Å². The van der Waals surface area contributed by atoms with Crippen molar-refractivity contribution in [2.24, 2.45) is 0 Å². The van der Waals surface area contributed by atoms with Gasteiger partial charge in [-0.1, -0.05) is 37.0 Å². The van der Waals surface area contributed by atoms with Crippen LogP contribution in [0.3, 0.4) is 0 Å². The third kappa shape index (κ3) is 3.33. The van der Waals surface area contributed by atoms with Gasteiger partial charge in [0, 0.05) is 16.7 Å². The van der Waals surface area contributed by atoms with Gasteiger partial charge in [0.25, 0.3) is 0 Å². The molecule has 2 rings (SSSR count). The molecule has 0 fully saturated rings. The highest BCUT2D eigenvalue weighted by molar-refractivity contribution is 5.94. The van der Waals surface area contributed by atoms with Crippen molar-refractivity contribution in [2.45, 2.75) is 20.3 Å². The van der Waals surface area contributed by atoms with Crippen LogP contribution in [0.5, 0.6) is 0 Å². The van der Waals surface area contributed by atoms with Crippen LogP contribution in [0, 0.1) is 17.7 Å². The number of hydrogen-bond donors (Lipinski definition) is 0. The van der Waals surface area contributed by atoms with E-state index in [-0.39, 0.29) is 11.6 Å². The second-order valence-corrected chi connectivity index (χ2v) is 4.54. The van der Waals surface area contributed by atoms with Crippen LogP contribution in [0.2, 0.25) is 0 Å². The largest absolute Gasteiger partial charge is 0.295 e. The van der Waals surface area contributed by atoms with E-state index in [1.54, 1.807) is 30.3 Å². The molecule has 0 saturated heterocycles. The molecular formula is C18H15FO. The number of rotatable bonds is 2. The number of carbonyl (C=O) groups is 1. The first-order valence-corrected chi connectivity index (χ1v) is 6.51. The summed E-state index contributed by atoms with van der Waals surface area (Å²) < 4.78 is 13.6. The highest BCUT2D eigenvalue weighted by Crippen LogP contribution is 2.10. The van der Waals surface area contributed by atoms with E-state index in [0.29, 0.717) is 23.1 Å². The van der Waals surface area contributed by atoms with Crippen molar-refractivity contribution in [1.82, 2.24) is 0 Å². The standard InChI is InChI=1S/C18H15FO/c1-3-16-9-8-15(12-18(16)19)5-4-14-6-10-17(11-7-14)13(2)20/h6-12H,3H2,1-2H3. The molecule has 0 N–H and O–H groups in total. The summed E-state index contributed by atoms with van der Waals surface area (Å²) in [5.74, 6) is 5.70. The molecule has 0 saturated carbocycles. The maximum absolute atomic E-state index is 13.6. The third-order valence-corrected chi connectivity index (χ3v) is 3.08. The minimum atomic E-state index is -0.216. The molecule has 0 atom stereocenters. The number of benzene rings is 2. The van der Waals surface area contributed by atoms with Crippen LogP contribution in [0.1, 0.15) is 40.9 Å². The molecule has 2 aromatic rings. The number of hydrogen-bond acceptors (Lipinski definition) is 1. The lowest BCUT2D eigenvalue weighted by Gasteiger charge is -1.99. The van der Waals surface area contributed by atoms with Crippen LogP contribution in [-0.4, -0.2) is 5.78 Å². The average Bonchev–Trinajstić information content (AvgIpc) is 2.45. The number of Topliss-reactive ketones (excluding diaryl/α,β-unsaturated/α-hetero) is 1. The van der Waals surface area contributed by atoms with E-state index < -0.39 is 0 Å². The number of aryl methyl sites for hydroxylation is 1. The van der Waals surface area contributed by atoms with E-state index in [9.17, 15) is 9.18 Å². The molecular weight excluding hydrogens is 251 g/mol. The zero-order chi connectivity index (χ0) is 14.5. The highest BCUT2D eigenvalue weighted by atomic mass is 19.1. The minimum Gasteiger partial charge on any atom is -0.295 e. The molecule has 1 nitrogen and oxygen atoms in total. The van der Waals surface area contributed by atoms with Gasteiger partial charge in [-0.15, -0.1) is 0 Å². The predicted molar refractivity (Wildman–Crippen MR) is 78.2 cm³/mol. The lowest BCUT2D eigenvalue weighted by atomic mass is 10.1. The molecule has 100 valence electrons. The quantitative estimate of drug-likeness (QED) is 0.593. The molecule has 0 bridgehead atoms. The summed E-state index contributed by atoms with van der Waals surface area (Å²) in [6, 6.07) is 12.1. The zero-order valence-electron chi connectivity index (χ0n) is 11.5. The molecule has 20 heavy (non-hydrogen) atoms. The van der Waals surface area contributed by atoms with Gasteiger partial charge in [0.15, 0.2) is 5.78 Å². The second-order valence-electron chi connectivity index (χ2n) is 4.54. The Labute approximate surface area is 118 Å². The van der Waals surface area contributed by atoms with E-state index in [2.05, 4.69) is 11.8 Å². The van der Waals surface area contributed by atoms with E-state index >= 15 is 0 Å². The van der Waals surface area contributed by atoms with Gasteiger partial charge >= 0.3 is 0 Å². The maximum Gasteiger partial charge on any atom is 0.159 e. The molecule has 2 aromatic carbocycles. The van der Waals surface area contributed by atoms with Gasteiger partial charge in [0.1, 0.15) is 5.82 Å². The summed E-state index contributed by atoms with van der Waals surface area (Å²) in [5.41, 5.74) is 2.81. The Balaban J connectivity index is 2.22. The Morgan fingerprint density at radius 2 is 1.65 bits per heavy atom. The average molecular weight is 266 g/mol. The first kappa shape index (κ1) is 14.0. The summed E-state index contributed by atoms with van der Waals surface area (Å²) in [6.45, 7) is 3.44. The molecule has 2 heteroatoms. The predicted octanol–water partition coefficient (Wildman–Crippen LogP) is 3.99. The van der Waals surface area contributed by atoms with E-state index in [4.69, 9.17) is 0 Å². The van der Waals surface area contributed by atoms with Crippen molar-refractivity contribution in [3.63, 3.8) is 0 Å². The van der Waals surface area contributed by atoms with Gasteiger partial charge in [-0.2, -0.15) is 0 Å². The van der Waals surface area contributed by atoms with Crippen LogP contribution in [0.15, 0.2) is 42.5 Å². The molecule has 0 unspecified atom stereocenters. The molecule has 0 radical (unpaired) electrons. The number of ketones is 1. The maximum atomic E-state index is 13.6. The normalized spacial score (nSPS) is 9.75. The number of carbonyl (C=O) groups excluding carboxylic acids is 1. The fourth-order valence-corrected chi connectivity index (χ4v) is 1.84. The minimum absolute atomic E-state index is 0.0294. The van der Waals surface area contributed by atoms with Gasteiger partial charge in [0.05, 0.1) is 0 Å². The van der Waals surface area contributed by atoms with Gasteiger partial charge < -0.3 is 0 Å². The molecule has 0 spiro atoms. The SMILES string of the molecule is CCc1ccc(C#Cc2ccc(C(C)=O)cc2)cc1F. The van der Waals surface area contributed by atoms with Crippen molar-refractivity contribution in [3.05, 3.63) is 70.5 Å². The first-order chi connectivity index (χ1) is 9.60. The first-order valence-electron chi connectivity index (χ1n) is 6.51. The van der Waals surface area contributed by atoms with Crippen molar-refractivity contribution < 1.29 is 9.18 Å². The molecule has 0 aromatic heterocycles. The van der Waals surface area contributed by atoms with Crippen molar-refractivity contribution in [3.8, 4) is 11.8 Å². The monoisotopic (exact) mass is 266 g/mol. The van der Waals surface area contributed by atoms with Crippen LogP contribution in [0.25, 0.3) is 0 Å². The van der Waals surface area contributed by atoms with Crippen molar-refractivity contribution in [1.29, 1.82) is 0 Å². The van der Waals surface area contributed by atoms with Gasteiger partial charge in [-0.3, -0.25) is 4.79 Å². The van der Waals surface area contributed by atoms with Crippen molar-refractivity contribution >= 4 is 5.78 Å². The molecule has 0 amide bonds. The fourth-order valence-electron chi connectivity index (χ4n) is 1.84. The zero-order valence-corrected chi connectivity index (χ0v) is 11.5. The van der Waals surface area contributed by atoms with Crippen LogP contribution >= 0.6 is 0 Å². The number of halogens is 1. The fraction of sp³-hybridized carbons (Fsp3) is 0.167. The topological polar surface area (TPSA) is 17.1 Å². The Hall–Kier alpha value is -2.40. The second kappa shape index (κ2) is 6.16. The Bertz CT molecular complexity index is 688. The molecule has 0 heterocycles. The summed E-state index contributed by atoms with van der Waals surface area (Å²) in [5, 5.41) is 0. The molecule has 0 aliphatic carbocycles. The van der Waals surface area contributed by atoms with E-state index in [0.717, 1.165) is 5.56 Å². The lowest BCUT2D eigenvalue weighted by Crippen LogP contribution is -1.91. The molecule has 0 aliphatic heterocycles. The summed E-state index contributed by atoms with van der Waals surface area (Å²) in [4.78, 5) is 11.2. The van der Waals surface area contributed by atoms with Crippen molar-refractivity contribution in [2.75, 3.05) is 0 Å². The highest BCUT2D eigenvalue weighted by Gasteiger charge is 2.00. The smallest absolute Gasteiger partial charge is 0.159 e. The Morgan fingerprint density at radius 1 is 1.05 bits per heavy atom.